The number of aromatic nitrogens is 4. The molecule has 2 aromatic carbocycles. The van der Waals surface area contributed by atoms with Gasteiger partial charge in [-0.1, -0.05) is 35.5 Å². The summed E-state index contributed by atoms with van der Waals surface area (Å²) in [6.07, 6.45) is 0. The Kier molecular flexibility index (Phi) is 5.48. The zero-order chi connectivity index (χ0) is 22.0. The summed E-state index contributed by atoms with van der Waals surface area (Å²) in [6.45, 7) is 0.177. The van der Waals surface area contributed by atoms with Crippen LogP contribution in [0.3, 0.4) is 0 Å². The number of rotatable bonds is 6. The molecule has 0 aliphatic rings. The van der Waals surface area contributed by atoms with Crippen molar-refractivity contribution in [1.29, 1.82) is 0 Å². The van der Waals surface area contributed by atoms with Crippen LogP contribution in [0.4, 0.5) is 11.9 Å². The first-order valence-electron chi connectivity index (χ1n) is 9.75. The molecule has 0 radical (unpaired) electrons. The molecule has 0 bridgehead atoms. The van der Waals surface area contributed by atoms with E-state index in [1.54, 1.807) is 28.0 Å². The van der Waals surface area contributed by atoms with Gasteiger partial charge in [0.1, 0.15) is 5.52 Å². The summed E-state index contributed by atoms with van der Waals surface area (Å²) < 4.78 is 5.52. The van der Waals surface area contributed by atoms with Crippen molar-refractivity contribution in [2.24, 2.45) is 0 Å². The van der Waals surface area contributed by atoms with Crippen molar-refractivity contribution >= 4 is 28.7 Å². The van der Waals surface area contributed by atoms with Crippen molar-refractivity contribution in [3.63, 3.8) is 0 Å². The SMILES string of the molecule is CN(C)c1nc(CNC(=O)c2ccc3noc(-c4ccccc4)c3c2)nc(N(C)C)n1. The van der Waals surface area contributed by atoms with E-state index < -0.39 is 0 Å². The van der Waals surface area contributed by atoms with Crippen molar-refractivity contribution < 1.29 is 9.32 Å². The van der Waals surface area contributed by atoms with Crippen LogP contribution in [0.25, 0.3) is 22.2 Å². The Morgan fingerprint density at radius 2 is 1.61 bits per heavy atom. The van der Waals surface area contributed by atoms with Crippen molar-refractivity contribution in [2.75, 3.05) is 38.0 Å². The maximum absolute atomic E-state index is 12.8. The summed E-state index contributed by atoms with van der Waals surface area (Å²) in [5.41, 5.74) is 2.10. The molecule has 1 amide bonds. The van der Waals surface area contributed by atoms with Crippen LogP contribution in [0.5, 0.6) is 0 Å². The highest BCUT2D eigenvalue weighted by atomic mass is 16.5. The Bertz CT molecular complexity index is 1190. The molecule has 9 nitrogen and oxygen atoms in total. The van der Waals surface area contributed by atoms with Gasteiger partial charge >= 0.3 is 0 Å². The highest BCUT2D eigenvalue weighted by Crippen LogP contribution is 2.29. The van der Waals surface area contributed by atoms with E-state index in [4.69, 9.17) is 4.52 Å². The molecule has 0 saturated carbocycles. The molecule has 0 saturated heterocycles. The van der Waals surface area contributed by atoms with Gasteiger partial charge in [0.05, 0.1) is 11.9 Å². The van der Waals surface area contributed by atoms with E-state index in [9.17, 15) is 4.79 Å². The van der Waals surface area contributed by atoms with Crippen molar-refractivity contribution in [2.45, 2.75) is 6.54 Å². The van der Waals surface area contributed by atoms with Crippen LogP contribution in [-0.4, -0.2) is 54.2 Å². The van der Waals surface area contributed by atoms with Crippen LogP contribution >= 0.6 is 0 Å². The zero-order valence-corrected chi connectivity index (χ0v) is 17.8. The lowest BCUT2D eigenvalue weighted by molar-refractivity contribution is 0.0950. The Morgan fingerprint density at radius 1 is 0.935 bits per heavy atom. The molecular weight excluding hydrogens is 394 g/mol. The average molecular weight is 417 g/mol. The smallest absolute Gasteiger partial charge is 0.251 e. The Hall–Kier alpha value is -4.01. The van der Waals surface area contributed by atoms with Gasteiger partial charge in [0.25, 0.3) is 5.91 Å². The van der Waals surface area contributed by atoms with E-state index in [2.05, 4.69) is 25.4 Å². The van der Waals surface area contributed by atoms with E-state index in [0.29, 0.717) is 34.6 Å². The third-order valence-corrected chi connectivity index (χ3v) is 4.64. The molecule has 31 heavy (non-hydrogen) atoms. The lowest BCUT2D eigenvalue weighted by Crippen LogP contribution is -2.26. The third-order valence-electron chi connectivity index (χ3n) is 4.64. The molecule has 1 N–H and O–H groups in total. The fourth-order valence-corrected chi connectivity index (χ4v) is 3.02. The van der Waals surface area contributed by atoms with Crippen LogP contribution < -0.4 is 15.1 Å². The fraction of sp³-hybridized carbons (Fsp3) is 0.227. The summed E-state index contributed by atoms with van der Waals surface area (Å²) in [5, 5.41) is 7.76. The normalized spacial score (nSPS) is 10.8. The Morgan fingerprint density at radius 3 is 2.26 bits per heavy atom. The minimum Gasteiger partial charge on any atom is -0.355 e. The minimum atomic E-state index is -0.236. The molecule has 2 aromatic heterocycles. The second kappa shape index (κ2) is 8.39. The van der Waals surface area contributed by atoms with Gasteiger partial charge in [-0.15, -0.1) is 0 Å². The molecule has 0 fully saturated rings. The van der Waals surface area contributed by atoms with E-state index >= 15 is 0 Å². The van der Waals surface area contributed by atoms with Crippen LogP contribution in [-0.2, 0) is 6.54 Å². The highest BCUT2D eigenvalue weighted by molar-refractivity contribution is 6.00. The van der Waals surface area contributed by atoms with Crippen LogP contribution in [0, 0.1) is 0 Å². The molecule has 4 rings (SSSR count). The number of benzene rings is 2. The van der Waals surface area contributed by atoms with E-state index in [1.165, 1.54) is 0 Å². The Labute approximate surface area is 179 Å². The number of carbonyl (C=O) groups is 1. The van der Waals surface area contributed by atoms with E-state index in [0.717, 1.165) is 10.9 Å². The van der Waals surface area contributed by atoms with E-state index in [-0.39, 0.29) is 12.5 Å². The average Bonchev–Trinajstić information content (AvgIpc) is 3.21. The molecule has 0 spiro atoms. The van der Waals surface area contributed by atoms with Crippen LogP contribution in [0.1, 0.15) is 16.2 Å². The second-order valence-electron chi connectivity index (χ2n) is 7.43. The molecule has 9 heteroatoms. The number of fused-ring (bicyclic) bond motifs is 1. The van der Waals surface area contributed by atoms with Gasteiger partial charge in [-0.3, -0.25) is 4.79 Å². The molecular formula is C22H23N7O2. The van der Waals surface area contributed by atoms with E-state index in [1.807, 2.05) is 58.5 Å². The molecule has 2 heterocycles. The first-order valence-corrected chi connectivity index (χ1v) is 9.75. The lowest BCUT2D eigenvalue weighted by Gasteiger charge is -2.16. The highest BCUT2D eigenvalue weighted by Gasteiger charge is 2.15. The molecule has 158 valence electrons. The number of nitrogens with one attached hydrogen (secondary N) is 1. The summed E-state index contributed by atoms with van der Waals surface area (Å²) in [5.74, 6) is 1.93. The second-order valence-corrected chi connectivity index (χ2v) is 7.43. The first kappa shape index (κ1) is 20.3. The van der Waals surface area contributed by atoms with Crippen LogP contribution in [0.15, 0.2) is 53.1 Å². The molecule has 0 atom stereocenters. The van der Waals surface area contributed by atoms with Gasteiger partial charge < -0.3 is 19.6 Å². The number of nitrogens with zero attached hydrogens (tertiary/aromatic N) is 6. The lowest BCUT2D eigenvalue weighted by atomic mass is 10.1. The molecule has 0 aliphatic heterocycles. The number of hydrogen-bond acceptors (Lipinski definition) is 8. The quantitative estimate of drug-likeness (QED) is 0.511. The number of carbonyl (C=O) groups excluding carboxylic acids is 1. The predicted molar refractivity (Wildman–Crippen MR) is 119 cm³/mol. The molecule has 0 unspecified atom stereocenters. The largest absolute Gasteiger partial charge is 0.355 e. The zero-order valence-electron chi connectivity index (χ0n) is 17.8. The maximum Gasteiger partial charge on any atom is 0.251 e. The van der Waals surface area contributed by atoms with Crippen molar-refractivity contribution in [3.8, 4) is 11.3 Å². The third kappa shape index (κ3) is 4.30. The van der Waals surface area contributed by atoms with Gasteiger partial charge in [0, 0.05) is 39.3 Å². The summed E-state index contributed by atoms with van der Waals surface area (Å²) in [6, 6.07) is 15.0. The monoisotopic (exact) mass is 417 g/mol. The minimum absolute atomic E-state index is 0.177. The van der Waals surface area contributed by atoms with Gasteiger partial charge in [-0.2, -0.15) is 15.0 Å². The molecule has 0 aliphatic carbocycles. The van der Waals surface area contributed by atoms with Gasteiger partial charge in [0.15, 0.2) is 11.6 Å². The standard InChI is InChI=1S/C22H23N7O2/c1-28(2)21-24-18(25-22(26-21)29(3)4)13-23-20(30)15-10-11-17-16(12-15)19(31-27-17)14-8-6-5-7-9-14/h5-12H,13H2,1-4H3,(H,23,30). The fourth-order valence-electron chi connectivity index (χ4n) is 3.02. The molecule has 4 aromatic rings. The predicted octanol–water partition coefficient (Wildman–Crippen LogP) is 2.74. The van der Waals surface area contributed by atoms with Crippen molar-refractivity contribution in [3.05, 3.63) is 59.9 Å². The summed E-state index contributed by atoms with van der Waals surface area (Å²) in [7, 11) is 7.43. The van der Waals surface area contributed by atoms with Crippen molar-refractivity contribution in [1.82, 2.24) is 25.4 Å². The van der Waals surface area contributed by atoms with Gasteiger partial charge in [0.2, 0.25) is 11.9 Å². The van der Waals surface area contributed by atoms with Crippen LogP contribution in [0.2, 0.25) is 0 Å². The summed E-state index contributed by atoms with van der Waals surface area (Å²) >= 11 is 0. The number of hydrogen-bond donors (Lipinski definition) is 1. The first-order chi connectivity index (χ1) is 14.9. The van der Waals surface area contributed by atoms with Gasteiger partial charge in [-0.05, 0) is 18.2 Å². The Balaban J connectivity index is 1.57. The topological polar surface area (TPSA) is 100 Å². The summed E-state index contributed by atoms with van der Waals surface area (Å²) in [4.78, 5) is 29.6. The van der Waals surface area contributed by atoms with Gasteiger partial charge in [-0.25, -0.2) is 0 Å². The number of amides is 1. The number of anilines is 2. The maximum atomic E-state index is 12.8.